The lowest BCUT2D eigenvalue weighted by Crippen LogP contribution is -2.36. The van der Waals surface area contributed by atoms with E-state index in [1.807, 2.05) is 29.2 Å². The topological polar surface area (TPSA) is 61.4 Å². The van der Waals surface area contributed by atoms with Gasteiger partial charge in [0.15, 0.2) is 0 Å². The van der Waals surface area contributed by atoms with E-state index in [4.69, 9.17) is 0 Å². The Bertz CT molecular complexity index is 603. The molecule has 1 aromatic rings. The van der Waals surface area contributed by atoms with E-state index in [-0.39, 0.29) is 18.4 Å². The van der Waals surface area contributed by atoms with E-state index in [0.29, 0.717) is 11.6 Å². The van der Waals surface area contributed by atoms with Gasteiger partial charge in [0.2, 0.25) is 5.91 Å². The molecule has 2 aliphatic rings. The standard InChI is InChI=1S/C21H31N3O2/c25-20(24-13-6-1-2-7-14-24)16-22-19-12-8-9-17(15-19)21(26)23-18-10-4-3-5-11-18/h8-9,12,15,18,22H,1-7,10-11,13-14,16H2,(H,23,26). The zero-order valence-corrected chi connectivity index (χ0v) is 15.6. The van der Waals surface area contributed by atoms with Crippen LogP contribution in [0.15, 0.2) is 24.3 Å². The number of anilines is 1. The SMILES string of the molecule is O=C(NC1CCCCC1)c1cccc(NCC(=O)N2CCCCCC2)c1. The molecule has 1 aliphatic heterocycles. The number of likely N-dealkylation sites (tertiary alicyclic amines) is 1. The summed E-state index contributed by atoms with van der Waals surface area (Å²) >= 11 is 0. The molecule has 3 rings (SSSR count). The Morgan fingerprint density at radius 2 is 1.65 bits per heavy atom. The lowest BCUT2D eigenvalue weighted by Gasteiger charge is -2.23. The van der Waals surface area contributed by atoms with Crippen molar-refractivity contribution in [3.05, 3.63) is 29.8 Å². The van der Waals surface area contributed by atoms with Crippen LogP contribution in [0.25, 0.3) is 0 Å². The van der Waals surface area contributed by atoms with Crippen molar-refractivity contribution >= 4 is 17.5 Å². The van der Waals surface area contributed by atoms with Gasteiger partial charge in [0.25, 0.3) is 5.91 Å². The van der Waals surface area contributed by atoms with E-state index < -0.39 is 0 Å². The van der Waals surface area contributed by atoms with Crippen molar-refractivity contribution in [3.63, 3.8) is 0 Å². The molecular formula is C21H31N3O2. The maximum atomic E-state index is 12.5. The van der Waals surface area contributed by atoms with E-state index in [0.717, 1.165) is 44.5 Å². The highest BCUT2D eigenvalue weighted by molar-refractivity contribution is 5.95. The molecule has 2 N–H and O–H groups in total. The van der Waals surface area contributed by atoms with Crippen molar-refractivity contribution < 1.29 is 9.59 Å². The van der Waals surface area contributed by atoms with Gasteiger partial charge in [-0.2, -0.15) is 0 Å². The summed E-state index contributed by atoms with van der Waals surface area (Å²) < 4.78 is 0. The quantitative estimate of drug-likeness (QED) is 0.847. The average molecular weight is 357 g/mol. The van der Waals surface area contributed by atoms with E-state index in [2.05, 4.69) is 10.6 Å². The van der Waals surface area contributed by atoms with E-state index in [1.165, 1.54) is 32.1 Å². The lowest BCUT2D eigenvalue weighted by molar-refractivity contribution is -0.129. The molecule has 1 saturated carbocycles. The second kappa shape index (κ2) is 9.60. The Morgan fingerprint density at radius 3 is 2.38 bits per heavy atom. The Morgan fingerprint density at radius 1 is 0.962 bits per heavy atom. The van der Waals surface area contributed by atoms with Crippen LogP contribution in [-0.2, 0) is 4.79 Å². The van der Waals surface area contributed by atoms with Crippen molar-refractivity contribution in [2.45, 2.75) is 63.8 Å². The highest BCUT2D eigenvalue weighted by Crippen LogP contribution is 2.18. The average Bonchev–Trinajstić information content (AvgIpc) is 2.97. The van der Waals surface area contributed by atoms with Crippen LogP contribution in [0.3, 0.4) is 0 Å². The summed E-state index contributed by atoms with van der Waals surface area (Å²) in [7, 11) is 0. The predicted octanol–water partition coefficient (Wildman–Crippen LogP) is 3.56. The Balaban J connectivity index is 1.51. The monoisotopic (exact) mass is 357 g/mol. The van der Waals surface area contributed by atoms with Gasteiger partial charge in [0.05, 0.1) is 6.54 Å². The van der Waals surface area contributed by atoms with Crippen LogP contribution in [0.2, 0.25) is 0 Å². The maximum Gasteiger partial charge on any atom is 0.251 e. The fraction of sp³-hybridized carbons (Fsp3) is 0.619. The van der Waals surface area contributed by atoms with Gasteiger partial charge >= 0.3 is 0 Å². The molecule has 0 aromatic heterocycles. The molecular weight excluding hydrogens is 326 g/mol. The summed E-state index contributed by atoms with van der Waals surface area (Å²) in [5.74, 6) is 0.128. The molecule has 0 atom stereocenters. The smallest absolute Gasteiger partial charge is 0.251 e. The number of rotatable bonds is 5. The molecule has 0 radical (unpaired) electrons. The lowest BCUT2D eigenvalue weighted by atomic mass is 9.95. The summed E-state index contributed by atoms with van der Waals surface area (Å²) in [6.07, 6.45) is 10.5. The zero-order valence-electron chi connectivity index (χ0n) is 15.6. The van der Waals surface area contributed by atoms with Crippen LogP contribution in [0.4, 0.5) is 5.69 Å². The number of hydrogen-bond acceptors (Lipinski definition) is 3. The summed E-state index contributed by atoms with van der Waals surface area (Å²) in [4.78, 5) is 26.8. The number of nitrogens with zero attached hydrogens (tertiary/aromatic N) is 1. The molecule has 5 heteroatoms. The van der Waals surface area contributed by atoms with E-state index >= 15 is 0 Å². The maximum absolute atomic E-state index is 12.5. The van der Waals surface area contributed by atoms with Crippen molar-refractivity contribution in [3.8, 4) is 0 Å². The van der Waals surface area contributed by atoms with Gasteiger partial charge in [-0.15, -0.1) is 0 Å². The summed E-state index contributed by atoms with van der Waals surface area (Å²) in [6, 6.07) is 7.76. The third-order valence-corrected chi connectivity index (χ3v) is 5.47. The van der Waals surface area contributed by atoms with E-state index in [1.54, 1.807) is 0 Å². The molecule has 1 saturated heterocycles. The number of hydrogen-bond donors (Lipinski definition) is 2. The van der Waals surface area contributed by atoms with Gasteiger partial charge < -0.3 is 15.5 Å². The number of carbonyl (C=O) groups is 2. The van der Waals surface area contributed by atoms with Gasteiger partial charge in [-0.3, -0.25) is 9.59 Å². The minimum atomic E-state index is -0.0144. The summed E-state index contributed by atoms with van der Waals surface area (Å²) in [5.41, 5.74) is 1.48. The van der Waals surface area contributed by atoms with Crippen LogP contribution in [0.5, 0.6) is 0 Å². The zero-order chi connectivity index (χ0) is 18.2. The third kappa shape index (κ3) is 5.48. The second-order valence-corrected chi connectivity index (χ2v) is 7.54. The van der Waals surface area contributed by atoms with E-state index in [9.17, 15) is 9.59 Å². The molecule has 0 spiro atoms. The molecule has 2 fully saturated rings. The summed E-state index contributed by atoms with van der Waals surface area (Å²) in [5, 5.41) is 6.33. The van der Waals surface area contributed by atoms with Gasteiger partial charge in [-0.25, -0.2) is 0 Å². The molecule has 142 valence electrons. The number of nitrogens with one attached hydrogen (secondary N) is 2. The first-order valence-electron chi connectivity index (χ1n) is 10.1. The fourth-order valence-electron chi connectivity index (χ4n) is 3.90. The van der Waals surface area contributed by atoms with Crippen LogP contribution >= 0.6 is 0 Å². The Hall–Kier alpha value is -2.04. The van der Waals surface area contributed by atoms with Crippen molar-refractivity contribution in [1.82, 2.24) is 10.2 Å². The molecule has 26 heavy (non-hydrogen) atoms. The van der Waals surface area contributed by atoms with Gasteiger partial charge in [0.1, 0.15) is 0 Å². The highest BCUT2D eigenvalue weighted by Gasteiger charge is 2.17. The minimum Gasteiger partial charge on any atom is -0.376 e. The van der Waals surface area contributed by atoms with Crippen LogP contribution in [-0.4, -0.2) is 42.4 Å². The Labute approximate surface area is 156 Å². The second-order valence-electron chi connectivity index (χ2n) is 7.54. The molecule has 5 nitrogen and oxygen atoms in total. The van der Waals surface area contributed by atoms with Crippen molar-refractivity contribution in [2.24, 2.45) is 0 Å². The number of amides is 2. The van der Waals surface area contributed by atoms with Crippen molar-refractivity contribution in [1.29, 1.82) is 0 Å². The largest absolute Gasteiger partial charge is 0.376 e. The predicted molar refractivity (Wildman–Crippen MR) is 104 cm³/mol. The molecule has 1 heterocycles. The molecule has 1 aliphatic carbocycles. The van der Waals surface area contributed by atoms with Gasteiger partial charge in [-0.1, -0.05) is 38.2 Å². The normalized spacial score (nSPS) is 18.8. The first kappa shape index (κ1) is 18.7. The van der Waals surface area contributed by atoms with Crippen molar-refractivity contribution in [2.75, 3.05) is 25.0 Å². The Kier molecular flexibility index (Phi) is 6.92. The third-order valence-electron chi connectivity index (χ3n) is 5.47. The fourth-order valence-corrected chi connectivity index (χ4v) is 3.90. The van der Waals surface area contributed by atoms with Crippen LogP contribution in [0.1, 0.15) is 68.1 Å². The molecule has 0 unspecified atom stereocenters. The first-order chi connectivity index (χ1) is 12.7. The molecule has 0 bridgehead atoms. The van der Waals surface area contributed by atoms with Gasteiger partial charge in [-0.05, 0) is 43.9 Å². The molecule has 1 aromatic carbocycles. The molecule has 2 amide bonds. The number of carbonyl (C=O) groups excluding carboxylic acids is 2. The number of benzene rings is 1. The van der Waals surface area contributed by atoms with Crippen LogP contribution < -0.4 is 10.6 Å². The minimum absolute atomic E-state index is 0.0144. The highest BCUT2D eigenvalue weighted by atomic mass is 16.2. The van der Waals surface area contributed by atoms with Gasteiger partial charge in [0, 0.05) is 30.4 Å². The van der Waals surface area contributed by atoms with Crippen LogP contribution in [0, 0.1) is 0 Å². The summed E-state index contributed by atoms with van der Waals surface area (Å²) in [6.45, 7) is 2.02. The first-order valence-corrected chi connectivity index (χ1v) is 10.1.